The number of hydrogen-bond donors (Lipinski definition) is 1. The molecule has 0 spiro atoms. The molecule has 5 rings (SSSR count). The van der Waals surface area contributed by atoms with Gasteiger partial charge in [0.25, 0.3) is 0 Å². The van der Waals surface area contributed by atoms with Gasteiger partial charge < -0.3 is 9.88 Å². The molecule has 1 aliphatic rings. The predicted octanol–water partition coefficient (Wildman–Crippen LogP) is 6.00. The zero-order valence-electron chi connectivity index (χ0n) is 18.6. The van der Waals surface area contributed by atoms with Gasteiger partial charge in [-0.05, 0) is 40.6 Å². The highest BCUT2D eigenvalue weighted by atomic mass is 32.2. The molecule has 1 N–H and O–H groups in total. The summed E-state index contributed by atoms with van der Waals surface area (Å²) in [7, 11) is 0. The van der Waals surface area contributed by atoms with Gasteiger partial charge in [-0.3, -0.25) is 4.79 Å². The van der Waals surface area contributed by atoms with E-state index in [1.807, 2.05) is 17.5 Å². The van der Waals surface area contributed by atoms with E-state index in [1.54, 1.807) is 11.3 Å². The Morgan fingerprint density at radius 1 is 1.03 bits per heavy atom. The van der Waals surface area contributed by atoms with Crippen molar-refractivity contribution in [1.29, 1.82) is 0 Å². The van der Waals surface area contributed by atoms with Gasteiger partial charge in [0.2, 0.25) is 5.91 Å². The van der Waals surface area contributed by atoms with Gasteiger partial charge in [0.1, 0.15) is 5.82 Å². The first-order chi connectivity index (χ1) is 16.3. The second-order valence-corrected chi connectivity index (χ2v) is 10.5. The van der Waals surface area contributed by atoms with Crippen molar-refractivity contribution in [3.63, 3.8) is 0 Å². The molecule has 0 radical (unpaired) electrons. The Bertz CT molecular complexity index is 1210. The minimum Gasteiger partial charge on any atom is -0.350 e. The van der Waals surface area contributed by atoms with Crippen LogP contribution in [0.2, 0.25) is 0 Å². The van der Waals surface area contributed by atoms with Crippen LogP contribution in [0.25, 0.3) is 10.8 Å². The predicted molar refractivity (Wildman–Crippen MR) is 136 cm³/mol. The van der Waals surface area contributed by atoms with Crippen LogP contribution in [0.1, 0.15) is 54.4 Å². The molecule has 2 heterocycles. The normalized spacial score (nSPS) is 14.5. The molecule has 33 heavy (non-hydrogen) atoms. The molecular weight excluding hydrogens is 448 g/mol. The molecule has 1 aliphatic carbocycles. The van der Waals surface area contributed by atoms with Crippen molar-refractivity contribution in [1.82, 2.24) is 20.1 Å². The van der Waals surface area contributed by atoms with E-state index in [0.29, 0.717) is 18.3 Å². The smallest absolute Gasteiger partial charge is 0.230 e. The molecule has 7 heteroatoms. The summed E-state index contributed by atoms with van der Waals surface area (Å²) in [5.41, 5.74) is 1.27. The third-order valence-electron chi connectivity index (χ3n) is 6.28. The number of rotatable bonds is 8. The van der Waals surface area contributed by atoms with Gasteiger partial charge in [-0.1, -0.05) is 79.6 Å². The van der Waals surface area contributed by atoms with Crippen LogP contribution in [-0.2, 0) is 17.8 Å². The van der Waals surface area contributed by atoms with Gasteiger partial charge in [0.15, 0.2) is 5.16 Å². The number of nitrogens with one attached hydrogen (secondary N) is 1. The van der Waals surface area contributed by atoms with Crippen LogP contribution in [0.15, 0.2) is 65.1 Å². The topological polar surface area (TPSA) is 59.8 Å². The van der Waals surface area contributed by atoms with E-state index < -0.39 is 0 Å². The van der Waals surface area contributed by atoms with Crippen LogP contribution in [0.5, 0.6) is 0 Å². The molecule has 2 aromatic carbocycles. The largest absolute Gasteiger partial charge is 0.350 e. The van der Waals surface area contributed by atoms with E-state index in [9.17, 15) is 4.79 Å². The number of nitrogens with zero attached hydrogens (tertiary/aromatic N) is 3. The van der Waals surface area contributed by atoms with Gasteiger partial charge >= 0.3 is 0 Å². The molecule has 0 saturated heterocycles. The fourth-order valence-electron chi connectivity index (χ4n) is 4.63. The number of aromatic nitrogens is 3. The molecule has 1 saturated carbocycles. The average Bonchev–Trinajstić information content (AvgIpc) is 3.52. The third-order valence-corrected chi connectivity index (χ3v) is 8.10. The molecule has 0 atom stereocenters. The molecule has 170 valence electrons. The first-order valence-electron chi connectivity index (χ1n) is 11.6. The Morgan fingerprint density at radius 2 is 1.88 bits per heavy atom. The Morgan fingerprint density at radius 3 is 2.73 bits per heavy atom. The third kappa shape index (κ3) is 5.31. The van der Waals surface area contributed by atoms with Crippen LogP contribution < -0.4 is 5.32 Å². The van der Waals surface area contributed by atoms with Crippen LogP contribution in [0.4, 0.5) is 0 Å². The zero-order chi connectivity index (χ0) is 22.5. The average molecular weight is 477 g/mol. The maximum atomic E-state index is 12.5. The van der Waals surface area contributed by atoms with Crippen LogP contribution in [0, 0.1) is 0 Å². The number of fused-ring (bicyclic) bond motifs is 1. The van der Waals surface area contributed by atoms with Crippen molar-refractivity contribution in [2.24, 2.45) is 0 Å². The first kappa shape index (κ1) is 22.2. The van der Waals surface area contributed by atoms with Gasteiger partial charge in [-0.15, -0.1) is 21.5 Å². The molecule has 4 aromatic rings. The van der Waals surface area contributed by atoms with Crippen molar-refractivity contribution >= 4 is 39.8 Å². The molecule has 0 aliphatic heterocycles. The number of carbonyl (C=O) groups excluding carboxylic acids is 1. The number of hydrogen-bond acceptors (Lipinski definition) is 5. The van der Waals surface area contributed by atoms with E-state index >= 15 is 0 Å². The highest BCUT2D eigenvalue weighted by Crippen LogP contribution is 2.33. The minimum atomic E-state index is 0.0298. The minimum absolute atomic E-state index is 0.0298. The summed E-state index contributed by atoms with van der Waals surface area (Å²) in [5.74, 6) is 1.38. The van der Waals surface area contributed by atoms with Crippen LogP contribution in [0.3, 0.4) is 0 Å². The standard InChI is InChI=1S/C26H28N4OS2/c31-25(27-17-22-13-7-15-32-22)18-33-26-29-28-24(30(26)21-11-2-1-3-12-21)16-20-10-6-9-19-8-4-5-14-23(19)20/h4-10,13-15,21H,1-3,11-12,16-18H2,(H,27,31). The molecule has 1 amide bonds. The molecular formula is C26H28N4OS2. The van der Waals surface area contributed by atoms with Gasteiger partial charge in [0, 0.05) is 17.3 Å². The van der Waals surface area contributed by atoms with Gasteiger partial charge in [0.05, 0.1) is 12.3 Å². The second kappa shape index (κ2) is 10.5. The first-order valence-corrected chi connectivity index (χ1v) is 13.5. The van der Waals surface area contributed by atoms with Crippen molar-refractivity contribution in [3.8, 4) is 0 Å². The number of carbonyl (C=O) groups is 1. The van der Waals surface area contributed by atoms with Crippen molar-refractivity contribution in [3.05, 3.63) is 76.2 Å². The fraction of sp³-hybridized carbons (Fsp3) is 0.346. The summed E-state index contributed by atoms with van der Waals surface area (Å²) in [6.07, 6.45) is 6.82. The molecule has 5 nitrogen and oxygen atoms in total. The zero-order valence-corrected chi connectivity index (χ0v) is 20.2. The second-order valence-electron chi connectivity index (χ2n) is 8.52. The number of thiophene rings is 1. The monoisotopic (exact) mass is 476 g/mol. The Hall–Kier alpha value is -2.64. The summed E-state index contributed by atoms with van der Waals surface area (Å²) >= 11 is 3.16. The molecule has 0 unspecified atom stereocenters. The summed E-state index contributed by atoms with van der Waals surface area (Å²) in [4.78, 5) is 13.6. The summed E-state index contributed by atoms with van der Waals surface area (Å²) in [6.45, 7) is 0.582. The molecule has 0 bridgehead atoms. The highest BCUT2D eigenvalue weighted by molar-refractivity contribution is 7.99. The lowest BCUT2D eigenvalue weighted by atomic mass is 9.95. The van der Waals surface area contributed by atoms with Crippen molar-refractivity contribution < 1.29 is 4.79 Å². The SMILES string of the molecule is O=C(CSc1nnc(Cc2cccc3ccccc23)n1C1CCCCC1)NCc1cccs1. The summed E-state index contributed by atoms with van der Waals surface area (Å²) < 4.78 is 2.33. The van der Waals surface area contributed by atoms with E-state index in [0.717, 1.165) is 35.1 Å². The molecule has 1 fully saturated rings. The van der Waals surface area contributed by atoms with Gasteiger partial charge in [-0.2, -0.15) is 0 Å². The number of amides is 1. The Kier molecular flexibility index (Phi) is 7.07. The van der Waals surface area contributed by atoms with Crippen molar-refractivity contribution in [2.45, 2.75) is 56.3 Å². The maximum absolute atomic E-state index is 12.5. The lowest BCUT2D eigenvalue weighted by Gasteiger charge is -2.25. The lowest BCUT2D eigenvalue weighted by molar-refractivity contribution is -0.118. The lowest BCUT2D eigenvalue weighted by Crippen LogP contribution is -2.24. The Labute approximate surface area is 202 Å². The summed E-state index contributed by atoms with van der Waals surface area (Å²) in [6, 6.07) is 19.4. The van der Waals surface area contributed by atoms with Crippen LogP contribution >= 0.6 is 23.1 Å². The quantitative estimate of drug-likeness (QED) is 0.317. The maximum Gasteiger partial charge on any atom is 0.230 e. The van der Waals surface area contributed by atoms with E-state index in [1.165, 1.54) is 47.4 Å². The number of benzene rings is 2. The van der Waals surface area contributed by atoms with E-state index in [-0.39, 0.29) is 5.91 Å². The fourth-order valence-corrected chi connectivity index (χ4v) is 6.13. The van der Waals surface area contributed by atoms with Crippen molar-refractivity contribution in [2.75, 3.05) is 5.75 Å². The van der Waals surface area contributed by atoms with Crippen LogP contribution in [-0.4, -0.2) is 26.4 Å². The van der Waals surface area contributed by atoms with Gasteiger partial charge in [-0.25, -0.2) is 0 Å². The molecule has 2 aromatic heterocycles. The van der Waals surface area contributed by atoms with E-state index in [2.05, 4.69) is 62.5 Å². The number of thioether (sulfide) groups is 1. The Balaban J connectivity index is 1.35. The van der Waals surface area contributed by atoms with E-state index in [4.69, 9.17) is 0 Å². The highest BCUT2D eigenvalue weighted by Gasteiger charge is 2.24. The summed E-state index contributed by atoms with van der Waals surface area (Å²) in [5, 5.41) is 17.6.